The first-order valence-corrected chi connectivity index (χ1v) is 5.47. The molecule has 0 fully saturated rings. The Hall–Kier alpha value is -1.83. The molecule has 0 atom stereocenters. The van der Waals surface area contributed by atoms with Crippen LogP contribution in [0.1, 0.15) is 29.8 Å². The topological polar surface area (TPSA) is 43.1 Å². The molecule has 0 aliphatic carbocycles. The largest absolute Gasteiger partial charge is 0.366 e. The van der Waals surface area contributed by atoms with E-state index in [0.717, 1.165) is 16.3 Å². The molecule has 84 valence electrons. The average molecular weight is 215 g/mol. The van der Waals surface area contributed by atoms with E-state index in [4.69, 9.17) is 5.73 Å². The zero-order chi connectivity index (χ0) is 12.1. The molecular formula is C14H17NO. The first-order valence-electron chi connectivity index (χ1n) is 5.47. The summed E-state index contributed by atoms with van der Waals surface area (Å²) >= 11 is 0. The van der Waals surface area contributed by atoms with E-state index in [2.05, 4.69) is 0 Å². The Bertz CT molecular complexity index is 503. The van der Waals surface area contributed by atoms with Gasteiger partial charge in [-0.15, -0.1) is 0 Å². The van der Waals surface area contributed by atoms with Gasteiger partial charge in [-0.25, -0.2) is 0 Å². The summed E-state index contributed by atoms with van der Waals surface area (Å²) in [5.41, 5.74) is 6.96. The van der Waals surface area contributed by atoms with Crippen LogP contribution < -0.4 is 5.73 Å². The zero-order valence-electron chi connectivity index (χ0n) is 9.95. The summed E-state index contributed by atoms with van der Waals surface area (Å²) in [7, 11) is 0. The lowest BCUT2D eigenvalue weighted by molar-refractivity contribution is 0.100. The molecule has 2 aromatic rings. The fourth-order valence-corrected chi connectivity index (χ4v) is 1.66. The number of rotatable bonds is 1. The van der Waals surface area contributed by atoms with Crippen molar-refractivity contribution < 1.29 is 4.79 Å². The van der Waals surface area contributed by atoms with Gasteiger partial charge in [0, 0.05) is 5.56 Å². The highest BCUT2D eigenvalue weighted by atomic mass is 16.1. The smallest absolute Gasteiger partial charge is 0.249 e. The number of amides is 1. The van der Waals surface area contributed by atoms with Crippen LogP contribution in [0.25, 0.3) is 10.8 Å². The van der Waals surface area contributed by atoms with Crippen molar-refractivity contribution in [2.45, 2.75) is 20.8 Å². The lowest BCUT2D eigenvalue weighted by Gasteiger charge is -2.04. The van der Waals surface area contributed by atoms with Crippen LogP contribution in [-0.4, -0.2) is 5.91 Å². The lowest BCUT2D eigenvalue weighted by Crippen LogP contribution is -2.11. The molecule has 0 radical (unpaired) electrons. The summed E-state index contributed by atoms with van der Waals surface area (Å²) in [6, 6.07) is 11.6. The average Bonchev–Trinajstić information content (AvgIpc) is 2.30. The van der Waals surface area contributed by atoms with E-state index in [1.54, 1.807) is 0 Å². The van der Waals surface area contributed by atoms with Gasteiger partial charge in [0.25, 0.3) is 0 Å². The van der Waals surface area contributed by atoms with Crippen LogP contribution in [-0.2, 0) is 0 Å². The van der Waals surface area contributed by atoms with E-state index in [0.29, 0.717) is 5.56 Å². The number of fused-ring (bicyclic) bond motifs is 1. The number of carbonyl (C=O) groups is 1. The summed E-state index contributed by atoms with van der Waals surface area (Å²) in [6.07, 6.45) is 0. The molecule has 0 spiro atoms. The number of hydrogen-bond acceptors (Lipinski definition) is 1. The minimum Gasteiger partial charge on any atom is -0.366 e. The fourth-order valence-electron chi connectivity index (χ4n) is 1.66. The van der Waals surface area contributed by atoms with Crippen molar-refractivity contribution in [1.82, 2.24) is 0 Å². The highest BCUT2D eigenvalue weighted by Gasteiger charge is 2.06. The van der Waals surface area contributed by atoms with Gasteiger partial charge in [-0.1, -0.05) is 44.2 Å². The molecule has 2 heteroatoms. The summed E-state index contributed by atoms with van der Waals surface area (Å²) in [5.74, 6) is -0.370. The maximum atomic E-state index is 11.2. The first kappa shape index (κ1) is 12.2. The number of carbonyl (C=O) groups excluding carboxylic acids is 1. The Balaban J connectivity index is 0.000000606. The van der Waals surface area contributed by atoms with E-state index in [9.17, 15) is 4.79 Å². The Labute approximate surface area is 96.1 Å². The van der Waals surface area contributed by atoms with Crippen LogP contribution in [0.3, 0.4) is 0 Å². The van der Waals surface area contributed by atoms with Crippen molar-refractivity contribution in [1.29, 1.82) is 0 Å². The van der Waals surface area contributed by atoms with Gasteiger partial charge in [0.05, 0.1) is 0 Å². The SMILES string of the molecule is CC.Cc1cc(C(N)=O)c2ccccc2c1. The molecule has 16 heavy (non-hydrogen) atoms. The number of benzene rings is 2. The molecule has 0 saturated heterocycles. The molecule has 0 unspecified atom stereocenters. The third-order valence-electron chi connectivity index (χ3n) is 2.27. The molecule has 2 rings (SSSR count). The molecule has 0 saturated carbocycles. The normalized spacial score (nSPS) is 9.44. The second-order valence-electron chi connectivity index (χ2n) is 3.40. The van der Waals surface area contributed by atoms with Gasteiger partial charge in [-0.2, -0.15) is 0 Å². The van der Waals surface area contributed by atoms with E-state index in [-0.39, 0.29) is 5.91 Å². The van der Waals surface area contributed by atoms with E-state index in [1.165, 1.54) is 0 Å². The second kappa shape index (κ2) is 5.31. The van der Waals surface area contributed by atoms with E-state index < -0.39 is 0 Å². The predicted molar refractivity (Wildman–Crippen MR) is 68.6 cm³/mol. The van der Waals surface area contributed by atoms with Gasteiger partial charge in [0.1, 0.15) is 0 Å². The summed E-state index contributed by atoms with van der Waals surface area (Å²) in [4.78, 5) is 11.2. The van der Waals surface area contributed by atoms with Crippen LogP contribution in [0.4, 0.5) is 0 Å². The van der Waals surface area contributed by atoms with E-state index in [1.807, 2.05) is 57.2 Å². The van der Waals surface area contributed by atoms with Crippen molar-refractivity contribution in [2.24, 2.45) is 5.73 Å². The summed E-state index contributed by atoms with van der Waals surface area (Å²) < 4.78 is 0. The zero-order valence-corrected chi connectivity index (χ0v) is 9.95. The van der Waals surface area contributed by atoms with Crippen LogP contribution in [0.5, 0.6) is 0 Å². The second-order valence-corrected chi connectivity index (χ2v) is 3.40. The minimum atomic E-state index is -0.370. The van der Waals surface area contributed by atoms with Crippen LogP contribution in [0.2, 0.25) is 0 Å². The van der Waals surface area contributed by atoms with Gasteiger partial charge in [-0.05, 0) is 29.3 Å². The molecule has 2 aromatic carbocycles. The third-order valence-corrected chi connectivity index (χ3v) is 2.27. The highest BCUT2D eigenvalue weighted by molar-refractivity contribution is 6.06. The molecule has 0 aliphatic rings. The molecule has 0 aromatic heterocycles. The minimum absolute atomic E-state index is 0.370. The third kappa shape index (κ3) is 2.40. The lowest BCUT2D eigenvalue weighted by atomic mass is 10.0. The van der Waals surface area contributed by atoms with Gasteiger partial charge < -0.3 is 5.73 Å². The number of hydrogen-bond donors (Lipinski definition) is 1. The highest BCUT2D eigenvalue weighted by Crippen LogP contribution is 2.20. The summed E-state index contributed by atoms with van der Waals surface area (Å²) in [6.45, 7) is 5.96. The Morgan fingerprint density at radius 1 is 1.12 bits per heavy atom. The Morgan fingerprint density at radius 3 is 2.38 bits per heavy atom. The first-order chi connectivity index (χ1) is 7.68. The van der Waals surface area contributed by atoms with Crippen molar-refractivity contribution in [3.63, 3.8) is 0 Å². The summed E-state index contributed by atoms with van der Waals surface area (Å²) in [5, 5.41) is 1.98. The van der Waals surface area contributed by atoms with Crippen LogP contribution in [0.15, 0.2) is 36.4 Å². The number of aryl methyl sites for hydroxylation is 1. The molecule has 0 heterocycles. The molecule has 0 bridgehead atoms. The molecule has 1 amide bonds. The van der Waals surface area contributed by atoms with Gasteiger partial charge in [0.2, 0.25) is 5.91 Å². The molecule has 2 N–H and O–H groups in total. The van der Waals surface area contributed by atoms with Crippen molar-refractivity contribution >= 4 is 16.7 Å². The van der Waals surface area contributed by atoms with Crippen molar-refractivity contribution in [2.75, 3.05) is 0 Å². The standard InChI is InChI=1S/C12H11NO.C2H6/c1-8-6-9-4-2-3-5-10(9)11(7-8)12(13)14;1-2/h2-7H,1H3,(H2,13,14);1-2H3. The predicted octanol–water partition coefficient (Wildman–Crippen LogP) is 3.27. The monoisotopic (exact) mass is 215 g/mol. The Kier molecular flexibility index (Phi) is 4.06. The van der Waals surface area contributed by atoms with Crippen LogP contribution in [0, 0.1) is 6.92 Å². The molecule has 2 nitrogen and oxygen atoms in total. The van der Waals surface area contributed by atoms with Gasteiger partial charge in [0.15, 0.2) is 0 Å². The molecule has 0 aliphatic heterocycles. The molecular weight excluding hydrogens is 198 g/mol. The number of nitrogens with two attached hydrogens (primary N) is 1. The van der Waals surface area contributed by atoms with Gasteiger partial charge in [-0.3, -0.25) is 4.79 Å². The fraction of sp³-hybridized carbons (Fsp3) is 0.214. The van der Waals surface area contributed by atoms with Gasteiger partial charge >= 0.3 is 0 Å². The van der Waals surface area contributed by atoms with Crippen LogP contribution >= 0.6 is 0 Å². The van der Waals surface area contributed by atoms with Crippen molar-refractivity contribution in [3.8, 4) is 0 Å². The van der Waals surface area contributed by atoms with E-state index >= 15 is 0 Å². The quantitative estimate of drug-likeness (QED) is 0.779. The maximum absolute atomic E-state index is 11.2. The Morgan fingerprint density at radius 2 is 1.75 bits per heavy atom. The number of primary amides is 1. The van der Waals surface area contributed by atoms with Crippen molar-refractivity contribution in [3.05, 3.63) is 47.5 Å². The maximum Gasteiger partial charge on any atom is 0.249 e.